The molecule has 0 atom stereocenters. The van der Waals surface area contributed by atoms with Crippen molar-refractivity contribution in [2.75, 3.05) is 20.2 Å². The number of hydrogen-bond donors (Lipinski definition) is 1. The largest absolute Gasteiger partial charge is 0.387 e. The molecule has 0 aromatic carbocycles. The molecule has 0 saturated heterocycles. The van der Waals surface area contributed by atoms with Crippen molar-refractivity contribution < 1.29 is 14.7 Å². The predicted molar refractivity (Wildman–Crippen MR) is 30.4 cm³/mol. The van der Waals surface area contributed by atoms with Gasteiger partial charge in [0.05, 0.1) is 6.54 Å². The highest BCUT2D eigenvalue weighted by Crippen LogP contribution is 1.78. The molecule has 0 saturated carbocycles. The molecule has 0 unspecified atom stereocenters. The van der Waals surface area contributed by atoms with Gasteiger partial charge < -0.3 is 10.0 Å². The number of aliphatic hydroxyl groups is 1. The fraction of sp³-hybridized carbons (Fsp3) is 0.600. The molecule has 0 aromatic heterocycles. The maximum absolute atomic E-state index is 10.4. The Balaban J connectivity index is 3.58. The van der Waals surface area contributed by atoms with E-state index in [4.69, 9.17) is 5.11 Å². The maximum atomic E-state index is 10.4. The molecule has 0 heterocycles. The summed E-state index contributed by atoms with van der Waals surface area (Å²) in [5.74, 6) is -0.474. The van der Waals surface area contributed by atoms with Crippen molar-refractivity contribution in [1.82, 2.24) is 4.90 Å². The molecule has 0 fully saturated rings. The van der Waals surface area contributed by atoms with Crippen LogP contribution in [0.4, 0.5) is 0 Å². The van der Waals surface area contributed by atoms with E-state index in [0.29, 0.717) is 0 Å². The second kappa shape index (κ2) is 4.03. The molecule has 51 valence electrons. The highest BCUT2D eigenvalue weighted by molar-refractivity contribution is 5.79. The van der Waals surface area contributed by atoms with E-state index in [9.17, 15) is 9.59 Å². The summed E-state index contributed by atoms with van der Waals surface area (Å²) in [7, 11) is 1.42. The zero-order chi connectivity index (χ0) is 7.28. The van der Waals surface area contributed by atoms with Crippen molar-refractivity contribution in [3.05, 3.63) is 0 Å². The van der Waals surface area contributed by atoms with E-state index >= 15 is 0 Å². The lowest BCUT2D eigenvalue weighted by Crippen LogP contribution is -2.30. The molecule has 0 spiro atoms. The topological polar surface area (TPSA) is 57.6 Å². The first-order valence-electron chi connectivity index (χ1n) is 2.42. The van der Waals surface area contributed by atoms with Crippen LogP contribution in [-0.2, 0) is 9.59 Å². The van der Waals surface area contributed by atoms with Gasteiger partial charge in [-0.3, -0.25) is 9.59 Å². The van der Waals surface area contributed by atoms with E-state index in [2.05, 4.69) is 0 Å². The number of rotatable bonds is 3. The minimum atomic E-state index is -0.557. The summed E-state index contributed by atoms with van der Waals surface area (Å²) in [4.78, 5) is 21.1. The van der Waals surface area contributed by atoms with E-state index in [1.165, 1.54) is 13.3 Å². The van der Waals surface area contributed by atoms with E-state index < -0.39 is 12.5 Å². The van der Waals surface area contributed by atoms with Crippen LogP contribution in [0.15, 0.2) is 0 Å². The molecule has 4 heteroatoms. The lowest BCUT2D eigenvalue weighted by atomic mass is 10.5. The quantitative estimate of drug-likeness (QED) is 0.508. The van der Waals surface area contributed by atoms with Gasteiger partial charge in [-0.05, 0) is 0 Å². The van der Waals surface area contributed by atoms with Gasteiger partial charge in [-0.15, -0.1) is 0 Å². The molecule has 9 heavy (non-hydrogen) atoms. The molecular weight excluding hydrogens is 122 g/mol. The summed E-state index contributed by atoms with van der Waals surface area (Å²) in [5, 5.41) is 8.21. The molecule has 1 N–H and O–H groups in total. The van der Waals surface area contributed by atoms with Gasteiger partial charge in [0.2, 0.25) is 12.2 Å². The van der Waals surface area contributed by atoms with Crippen LogP contribution in [-0.4, -0.2) is 42.4 Å². The van der Waals surface area contributed by atoms with Crippen molar-refractivity contribution in [3.8, 4) is 0 Å². The molecule has 1 radical (unpaired) electrons. The molecule has 0 aliphatic heterocycles. The Hall–Kier alpha value is -0.900. The molecule has 0 aliphatic rings. The first kappa shape index (κ1) is 8.10. The van der Waals surface area contributed by atoms with Crippen LogP contribution in [0, 0.1) is 0 Å². The Morgan fingerprint density at radius 3 is 2.67 bits per heavy atom. The zero-order valence-electron chi connectivity index (χ0n) is 5.13. The fourth-order valence-corrected chi connectivity index (χ4v) is 0.306. The number of amides is 1. The monoisotopic (exact) mass is 130 g/mol. The van der Waals surface area contributed by atoms with Crippen LogP contribution in [0.1, 0.15) is 0 Å². The van der Waals surface area contributed by atoms with Gasteiger partial charge >= 0.3 is 0 Å². The van der Waals surface area contributed by atoms with Crippen LogP contribution >= 0.6 is 0 Å². The summed E-state index contributed by atoms with van der Waals surface area (Å²) in [6.45, 7) is -0.641. The third kappa shape index (κ3) is 2.81. The van der Waals surface area contributed by atoms with Crippen molar-refractivity contribution in [2.45, 2.75) is 0 Å². The summed E-state index contributed by atoms with van der Waals surface area (Å²) in [6, 6.07) is 0. The number of carbonyl (C=O) groups excluding carboxylic acids is 2. The van der Waals surface area contributed by atoms with Crippen LogP contribution in [0.5, 0.6) is 0 Å². The van der Waals surface area contributed by atoms with Crippen LogP contribution < -0.4 is 0 Å². The van der Waals surface area contributed by atoms with Crippen molar-refractivity contribution in [2.24, 2.45) is 0 Å². The number of likely N-dealkylation sites (N-methyl/N-ethyl adjacent to an activating group) is 1. The Kier molecular flexibility index (Phi) is 3.62. The average molecular weight is 130 g/mol. The van der Waals surface area contributed by atoms with Crippen LogP contribution in [0.2, 0.25) is 0 Å². The van der Waals surface area contributed by atoms with Gasteiger partial charge in [0.25, 0.3) is 0 Å². The standard InChI is InChI=1S/C5H8NO3/c1-6(2-3-7)5(9)4-8/h8H,2,4H2,1H3. The van der Waals surface area contributed by atoms with Crippen LogP contribution in [0.3, 0.4) is 0 Å². The number of carbonyl (C=O) groups is 1. The van der Waals surface area contributed by atoms with E-state index in [1.807, 2.05) is 0 Å². The highest BCUT2D eigenvalue weighted by Gasteiger charge is 2.04. The van der Waals surface area contributed by atoms with Gasteiger partial charge in [-0.2, -0.15) is 0 Å². The van der Waals surface area contributed by atoms with Gasteiger partial charge in [-0.1, -0.05) is 0 Å². The highest BCUT2D eigenvalue weighted by atomic mass is 16.3. The molecule has 0 aromatic rings. The van der Waals surface area contributed by atoms with Gasteiger partial charge in [0.1, 0.15) is 6.61 Å². The molecule has 1 amide bonds. The predicted octanol–water partition coefficient (Wildman–Crippen LogP) is -1.45. The summed E-state index contributed by atoms with van der Waals surface area (Å²) in [5.41, 5.74) is 0. The van der Waals surface area contributed by atoms with Crippen molar-refractivity contribution >= 4 is 12.2 Å². The third-order valence-electron chi connectivity index (χ3n) is 0.863. The Morgan fingerprint density at radius 1 is 1.78 bits per heavy atom. The van der Waals surface area contributed by atoms with E-state index in [1.54, 1.807) is 0 Å². The first-order valence-corrected chi connectivity index (χ1v) is 2.42. The van der Waals surface area contributed by atoms with Crippen molar-refractivity contribution in [1.29, 1.82) is 0 Å². The van der Waals surface area contributed by atoms with Crippen LogP contribution in [0.25, 0.3) is 0 Å². The summed E-state index contributed by atoms with van der Waals surface area (Å²) in [6.07, 6.45) is 1.53. The second-order valence-corrected chi connectivity index (χ2v) is 1.55. The van der Waals surface area contributed by atoms with E-state index in [0.717, 1.165) is 4.90 Å². The van der Waals surface area contributed by atoms with Crippen molar-refractivity contribution in [3.63, 3.8) is 0 Å². The SMILES string of the molecule is CN(C[C]=O)C(=O)CO. The molecule has 0 aliphatic carbocycles. The Bertz CT molecular complexity index is 113. The number of nitrogens with zero attached hydrogens (tertiary/aromatic N) is 1. The molecule has 0 rings (SSSR count). The molecule has 4 nitrogen and oxygen atoms in total. The fourth-order valence-electron chi connectivity index (χ4n) is 0.306. The minimum absolute atomic E-state index is 0.0839. The summed E-state index contributed by atoms with van der Waals surface area (Å²) < 4.78 is 0. The van der Waals surface area contributed by atoms with Gasteiger partial charge in [-0.25, -0.2) is 0 Å². The average Bonchev–Trinajstić information content (AvgIpc) is 1.87. The van der Waals surface area contributed by atoms with Gasteiger partial charge in [0.15, 0.2) is 0 Å². The summed E-state index contributed by atoms with van der Waals surface area (Å²) >= 11 is 0. The number of hydrogen-bond acceptors (Lipinski definition) is 3. The van der Waals surface area contributed by atoms with Gasteiger partial charge in [0, 0.05) is 7.05 Å². The molecule has 0 bridgehead atoms. The Morgan fingerprint density at radius 2 is 2.33 bits per heavy atom. The normalized spacial score (nSPS) is 8.67. The lowest BCUT2D eigenvalue weighted by molar-refractivity contribution is -0.132. The third-order valence-corrected chi connectivity index (χ3v) is 0.863. The zero-order valence-corrected chi connectivity index (χ0v) is 5.13. The molecular formula is C5H8NO3. The number of aliphatic hydroxyl groups excluding tert-OH is 1. The maximum Gasteiger partial charge on any atom is 0.248 e. The second-order valence-electron chi connectivity index (χ2n) is 1.55. The smallest absolute Gasteiger partial charge is 0.248 e. The first-order chi connectivity index (χ1) is 4.22. The Labute approximate surface area is 53.1 Å². The lowest BCUT2D eigenvalue weighted by Gasteiger charge is -2.09. The van der Waals surface area contributed by atoms with E-state index in [-0.39, 0.29) is 6.54 Å². The minimum Gasteiger partial charge on any atom is -0.387 e.